The molecule has 3 nitrogen and oxygen atoms in total. The maximum absolute atomic E-state index is 13.0. The molecule has 0 bridgehead atoms. The molecule has 1 amide bonds. The Morgan fingerprint density at radius 3 is 2.56 bits per heavy atom. The average molecular weight is 225 g/mol. The summed E-state index contributed by atoms with van der Waals surface area (Å²) >= 11 is 0. The molecule has 0 saturated carbocycles. The number of benzene rings is 1. The lowest BCUT2D eigenvalue weighted by molar-refractivity contribution is -0.0590. The minimum atomic E-state index is -0.475. The van der Waals surface area contributed by atoms with E-state index in [0.29, 0.717) is 5.56 Å². The number of hydrogen-bond donors (Lipinski definition) is 1. The van der Waals surface area contributed by atoms with E-state index in [1.54, 1.807) is 13.0 Å². The molecule has 1 aromatic rings. The Morgan fingerprint density at radius 1 is 1.38 bits per heavy atom. The highest BCUT2D eigenvalue weighted by molar-refractivity contribution is 5.94. The minimum Gasteiger partial charge on any atom is -0.268 e. The lowest BCUT2D eigenvalue weighted by atomic mass is 10.1. The van der Waals surface area contributed by atoms with Crippen LogP contribution in [0.3, 0.4) is 0 Å². The molecule has 0 aromatic heterocycles. The van der Waals surface area contributed by atoms with Gasteiger partial charge in [0.15, 0.2) is 0 Å². The number of aryl methyl sites for hydroxylation is 1. The molecule has 0 aliphatic heterocycles. The first-order chi connectivity index (χ1) is 7.29. The lowest BCUT2D eigenvalue weighted by Gasteiger charge is -2.19. The summed E-state index contributed by atoms with van der Waals surface area (Å²) in [6.45, 7) is 7.18. The van der Waals surface area contributed by atoms with Gasteiger partial charge in [-0.05, 0) is 45.4 Å². The maximum Gasteiger partial charge on any atom is 0.275 e. The van der Waals surface area contributed by atoms with Gasteiger partial charge >= 0.3 is 0 Å². The number of carbonyl (C=O) groups is 1. The molecule has 0 radical (unpaired) electrons. The number of rotatable bonds is 2. The number of amides is 1. The van der Waals surface area contributed by atoms with Crippen molar-refractivity contribution in [3.63, 3.8) is 0 Å². The van der Waals surface area contributed by atoms with Crippen LogP contribution in [-0.2, 0) is 4.84 Å². The molecule has 88 valence electrons. The van der Waals surface area contributed by atoms with Gasteiger partial charge in [-0.2, -0.15) is 0 Å². The van der Waals surface area contributed by atoms with Crippen molar-refractivity contribution < 1.29 is 14.0 Å². The van der Waals surface area contributed by atoms with Crippen molar-refractivity contribution in [1.82, 2.24) is 5.48 Å². The van der Waals surface area contributed by atoms with Crippen LogP contribution in [0, 0.1) is 12.7 Å². The molecule has 0 unspecified atom stereocenters. The summed E-state index contributed by atoms with van der Waals surface area (Å²) in [6.07, 6.45) is 0. The van der Waals surface area contributed by atoms with Gasteiger partial charge in [0.05, 0.1) is 5.60 Å². The second-order valence-electron chi connectivity index (χ2n) is 4.60. The number of hydrogen-bond acceptors (Lipinski definition) is 2. The van der Waals surface area contributed by atoms with Crippen LogP contribution in [0.25, 0.3) is 0 Å². The fourth-order valence-electron chi connectivity index (χ4n) is 1.09. The van der Waals surface area contributed by atoms with Gasteiger partial charge in [-0.15, -0.1) is 0 Å². The molecule has 1 aromatic carbocycles. The van der Waals surface area contributed by atoms with E-state index in [1.165, 1.54) is 12.1 Å². The van der Waals surface area contributed by atoms with Crippen molar-refractivity contribution in [2.45, 2.75) is 33.3 Å². The standard InChI is InChI=1S/C12H16FNO2/c1-8-5-6-9(13)7-10(8)11(15)14-16-12(2,3)4/h5-7H,1-4H3,(H,14,15). The lowest BCUT2D eigenvalue weighted by Crippen LogP contribution is -2.33. The van der Waals surface area contributed by atoms with Gasteiger partial charge < -0.3 is 0 Å². The van der Waals surface area contributed by atoms with Crippen molar-refractivity contribution in [2.75, 3.05) is 0 Å². The van der Waals surface area contributed by atoms with Crippen molar-refractivity contribution in [3.8, 4) is 0 Å². The zero-order valence-electron chi connectivity index (χ0n) is 9.93. The fraction of sp³-hybridized carbons (Fsp3) is 0.417. The van der Waals surface area contributed by atoms with Crippen LogP contribution in [0.15, 0.2) is 18.2 Å². The van der Waals surface area contributed by atoms with Crippen molar-refractivity contribution >= 4 is 5.91 Å². The van der Waals surface area contributed by atoms with Gasteiger partial charge in [-0.3, -0.25) is 9.63 Å². The number of hydroxylamine groups is 1. The Morgan fingerprint density at radius 2 is 2.00 bits per heavy atom. The molecule has 0 atom stereocenters. The van der Waals surface area contributed by atoms with Crippen molar-refractivity contribution in [2.24, 2.45) is 0 Å². The average Bonchev–Trinajstić information content (AvgIpc) is 2.17. The van der Waals surface area contributed by atoms with Gasteiger partial charge in [0.2, 0.25) is 0 Å². The van der Waals surface area contributed by atoms with Gasteiger partial charge in [-0.25, -0.2) is 9.87 Å². The molecule has 1 N–H and O–H groups in total. The molecule has 0 aliphatic rings. The van der Waals surface area contributed by atoms with E-state index < -0.39 is 17.3 Å². The first-order valence-electron chi connectivity index (χ1n) is 5.04. The molecule has 0 heterocycles. The van der Waals surface area contributed by atoms with Crippen LogP contribution in [0.1, 0.15) is 36.7 Å². The van der Waals surface area contributed by atoms with Gasteiger partial charge in [0.1, 0.15) is 5.82 Å². The molecular weight excluding hydrogens is 209 g/mol. The van der Waals surface area contributed by atoms with Crippen LogP contribution in [0.2, 0.25) is 0 Å². The van der Waals surface area contributed by atoms with Gasteiger partial charge in [-0.1, -0.05) is 6.07 Å². The normalized spacial score (nSPS) is 11.3. The molecule has 0 saturated heterocycles. The highest BCUT2D eigenvalue weighted by atomic mass is 19.1. The summed E-state index contributed by atoms with van der Waals surface area (Å²) < 4.78 is 13.0. The largest absolute Gasteiger partial charge is 0.275 e. The first-order valence-corrected chi connectivity index (χ1v) is 5.04. The van der Waals surface area contributed by atoms with Gasteiger partial charge in [0.25, 0.3) is 5.91 Å². The first kappa shape index (κ1) is 12.6. The summed E-state index contributed by atoms with van der Waals surface area (Å²) in [7, 11) is 0. The Hall–Kier alpha value is -1.42. The van der Waals surface area contributed by atoms with E-state index in [1.807, 2.05) is 20.8 Å². The Bertz CT molecular complexity index is 396. The zero-order chi connectivity index (χ0) is 12.3. The number of nitrogens with one attached hydrogen (secondary N) is 1. The predicted octanol–water partition coefficient (Wildman–Crippen LogP) is 2.59. The van der Waals surface area contributed by atoms with Crippen LogP contribution >= 0.6 is 0 Å². The van der Waals surface area contributed by atoms with Crippen LogP contribution in [0.4, 0.5) is 4.39 Å². The summed E-state index contributed by atoms with van der Waals surface area (Å²) in [5.74, 6) is -0.876. The van der Waals surface area contributed by atoms with Crippen LogP contribution < -0.4 is 5.48 Å². The van der Waals surface area contributed by atoms with Crippen LogP contribution in [-0.4, -0.2) is 11.5 Å². The molecule has 0 aliphatic carbocycles. The summed E-state index contributed by atoms with van der Waals surface area (Å²) in [5.41, 5.74) is 2.81. The quantitative estimate of drug-likeness (QED) is 0.786. The van der Waals surface area contributed by atoms with Crippen molar-refractivity contribution in [3.05, 3.63) is 35.1 Å². The molecule has 0 spiro atoms. The third-order valence-corrected chi connectivity index (χ3v) is 1.89. The van der Waals surface area contributed by atoms with E-state index >= 15 is 0 Å². The van der Waals surface area contributed by atoms with E-state index in [0.717, 1.165) is 0 Å². The molecule has 0 fully saturated rings. The highest BCUT2D eigenvalue weighted by Gasteiger charge is 2.15. The van der Waals surface area contributed by atoms with Gasteiger partial charge in [0, 0.05) is 5.56 Å². The smallest absolute Gasteiger partial charge is 0.268 e. The second-order valence-corrected chi connectivity index (χ2v) is 4.60. The molecule has 16 heavy (non-hydrogen) atoms. The highest BCUT2D eigenvalue weighted by Crippen LogP contribution is 2.11. The fourth-order valence-corrected chi connectivity index (χ4v) is 1.09. The van der Waals surface area contributed by atoms with E-state index in [4.69, 9.17) is 4.84 Å². The molecular formula is C12H16FNO2. The number of carbonyl (C=O) groups excluding carboxylic acids is 1. The summed E-state index contributed by atoms with van der Waals surface area (Å²) in [5, 5.41) is 0. The summed E-state index contributed by atoms with van der Waals surface area (Å²) in [4.78, 5) is 16.8. The van der Waals surface area contributed by atoms with E-state index in [2.05, 4.69) is 5.48 Å². The SMILES string of the molecule is Cc1ccc(F)cc1C(=O)NOC(C)(C)C. The summed E-state index contributed by atoms with van der Waals surface area (Å²) in [6, 6.07) is 4.06. The maximum atomic E-state index is 13.0. The van der Waals surface area contributed by atoms with Crippen LogP contribution in [0.5, 0.6) is 0 Å². The third kappa shape index (κ3) is 3.62. The Labute approximate surface area is 94.6 Å². The van der Waals surface area contributed by atoms with E-state index in [-0.39, 0.29) is 5.56 Å². The Kier molecular flexibility index (Phi) is 3.65. The molecule has 4 heteroatoms. The third-order valence-electron chi connectivity index (χ3n) is 1.89. The predicted molar refractivity (Wildman–Crippen MR) is 59.4 cm³/mol. The Balaban J connectivity index is 2.77. The van der Waals surface area contributed by atoms with E-state index in [9.17, 15) is 9.18 Å². The number of halogens is 1. The van der Waals surface area contributed by atoms with Crippen molar-refractivity contribution in [1.29, 1.82) is 0 Å². The second kappa shape index (κ2) is 4.61. The molecule has 1 rings (SSSR count). The zero-order valence-corrected chi connectivity index (χ0v) is 9.93. The minimum absolute atomic E-state index is 0.282. The topological polar surface area (TPSA) is 38.3 Å². The monoisotopic (exact) mass is 225 g/mol.